The van der Waals surface area contributed by atoms with E-state index in [0.29, 0.717) is 18.8 Å². The van der Waals surface area contributed by atoms with Gasteiger partial charge in [-0.25, -0.2) is 8.42 Å². The molecule has 0 saturated carbocycles. The van der Waals surface area contributed by atoms with Gasteiger partial charge in [0.15, 0.2) is 0 Å². The van der Waals surface area contributed by atoms with Crippen molar-refractivity contribution in [3.63, 3.8) is 0 Å². The number of benzene rings is 4. The van der Waals surface area contributed by atoms with Gasteiger partial charge in [0.25, 0.3) is 10.0 Å². The molecule has 6 heteroatoms. The average Bonchev–Trinajstić information content (AvgIpc) is 2.88. The second kappa shape index (κ2) is 11.2. The Bertz CT molecular complexity index is 1350. The van der Waals surface area contributed by atoms with Crippen molar-refractivity contribution in [3.8, 4) is 0 Å². The summed E-state index contributed by atoms with van der Waals surface area (Å²) in [7, 11) is -3.98. The molecule has 4 aromatic carbocycles. The lowest BCUT2D eigenvalue weighted by atomic mass is 10.1. The normalized spacial score (nSPS) is 11.2. The van der Waals surface area contributed by atoms with Crippen molar-refractivity contribution >= 4 is 21.6 Å². The van der Waals surface area contributed by atoms with Crippen LogP contribution in [0.3, 0.4) is 0 Å². The van der Waals surface area contributed by atoms with Crippen molar-refractivity contribution in [1.82, 2.24) is 4.90 Å². The van der Waals surface area contributed by atoms with Crippen molar-refractivity contribution in [1.29, 1.82) is 0 Å². The Balaban J connectivity index is 1.72. The van der Waals surface area contributed by atoms with Crippen molar-refractivity contribution in [2.24, 2.45) is 0 Å². The highest BCUT2D eigenvalue weighted by atomic mass is 32.2. The molecule has 4 rings (SSSR count). The molecule has 0 spiro atoms. The molecule has 0 radical (unpaired) electrons. The predicted molar refractivity (Wildman–Crippen MR) is 144 cm³/mol. The van der Waals surface area contributed by atoms with Crippen LogP contribution in [0.15, 0.2) is 114 Å². The molecular formula is C30H30N2O3S. The van der Waals surface area contributed by atoms with Gasteiger partial charge in [0.05, 0.1) is 10.6 Å². The van der Waals surface area contributed by atoms with Gasteiger partial charge in [-0.3, -0.25) is 9.10 Å². The molecule has 0 N–H and O–H groups in total. The minimum atomic E-state index is -3.98. The Labute approximate surface area is 213 Å². The second-order valence-corrected chi connectivity index (χ2v) is 10.8. The maximum absolute atomic E-state index is 13.8. The molecule has 1 amide bonds. The highest BCUT2D eigenvalue weighted by molar-refractivity contribution is 7.92. The summed E-state index contributed by atoms with van der Waals surface area (Å²) in [5, 5.41) is 0. The number of carbonyl (C=O) groups is 1. The highest BCUT2D eigenvalue weighted by Crippen LogP contribution is 2.26. The quantitative estimate of drug-likeness (QED) is 0.296. The molecule has 0 aromatic heterocycles. The minimum Gasteiger partial charge on any atom is -0.332 e. The minimum absolute atomic E-state index is 0.148. The maximum atomic E-state index is 13.8. The topological polar surface area (TPSA) is 57.7 Å². The molecule has 0 aliphatic rings. The van der Waals surface area contributed by atoms with Crippen LogP contribution in [0.25, 0.3) is 0 Å². The van der Waals surface area contributed by atoms with E-state index in [1.165, 1.54) is 4.31 Å². The van der Waals surface area contributed by atoms with Crippen LogP contribution in [0.1, 0.15) is 22.3 Å². The number of nitrogens with zero attached hydrogens (tertiary/aromatic N) is 2. The van der Waals surface area contributed by atoms with Gasteiger partial charge in [-0.05, 0) is 60.4 Å². The second-order valence-electron chi connectivity index (χ2n) is 8.89. The third-order valence-corrected chi connectivity index (χ3v) is 7.68. The Hall–Kier alpha value is -3.90. The number of sulfonamides is 1. The fourth-order valence-electron chi connectivity index (χ4n) is 4.19. The Morgan fingerprint density at radius 3 is 1.58 bits per heavy atom. The van der Waals surface area contributed by atoms with Crippen LogP contribution in [-0.4, -0.2) is 25.8 Å². The van der Waals surface area contributed by atoms with Crippen LogP contribution in [0.2, 0.25) is 0 Å². The van der Waals surface area contributed by atoms with Crippen molar-refractivity contribution < 1.29 is 13.2 Å². The van der Waals surface area contributed by atoms with E-state index in [1.807, 2.05) is 80.6 Å². The molecular weight excluding hydrogens is 468 g/mol. The van der Waals surface area contributed by atoms with Crippen molar-refractivity contribution in [2.45, 2.75) is 31.8 Å². The van der Waals surface area contributed by atoms with Crippen molar-refractivity contribution in [2.75, 3.05) is 10.8 Å². The van der Waals surface area contributed by atoms with Crippen LogP contribution >= 0.6 is 0 Å². The Kier molecular flexibility index (Phi) is 7.86. The first-order valence-corrected chi connectivity index (χ1v) is 13.3. The highest BCUT2D eigenvalue weighted by Gasteiger charge is 2.29. The number of aryl methyl sites for hydroxylation is 2. The van der Waals surface area contributed by atoms with Gasteiger partial charge in [-0.15, -0.1) is 0 Å². The fraction of sp³-hybridized carbons (Fsp3) is 0.167. The summed E-state index contributed by atoms with van der Waals surface area (Å²) in [6.45, 7) is 4.28. The van der Waals surface area contributed by atoms with E-state index >= 15 is 0 Å². The van der Waals surface area contributed by atoms with Gasteiger partial charge in [-0.2, -0.15) is 0 Å². The van der Waals surface area contributed by atoms with Gasteiger partial charge >= 0.3 is 0 Å². The monoisotopic (exact) mass is 498 g/mol. The van der Waals surface area contributed by atoms with Crippen LogP contribution < -0.4 is 4.31 Å². The molecule has 36 heavy (non-hydrogen) atoms. The van der Waals surface area contributed by atoms with Crippen LogP contribution in [-0.2, 0) is 27.9 Å². The lowest BCUT2D eigenvalue weighted by Gasteiger charge is -2.29. The molecule has 0 fully saturated rings. The smallest absolute Gasteiger partial charge is 0.264 e. The Morgan fingerprint density at radius 2 is 1.11 bits per heavy atom. The van der Waals surface area contributed by atoms with E-state index < -0.39 is 10.0 Å². The van der Waals surface area contributed by atoms with Gasteiger partial charge in [0.2, 0.25) is 5.91 Å². The molecule has 5 nitrogen and oxygen atoms in total. The summed E-state index contributed by atoms with van der Waals surface area (Å²) in [6, 6.07) is 33.3. The predicted octanol–water partition coefficient (Wildman–Crippen LogP) is 5.73. The molecule has 0 unspecified atom stereocenters. The molecule has 0 aliphatic heterocycles. The van der Waals surface area contributed by atoms with Crippen molar-refractivity contribution in [3.05, 3.63) is 131 Å². The number of rotatable bonds is 9. The summed E-state index contributed by atoms with van der Waals surface area (Å²) < 4.78 is 28.8. The van der Waals surface area contributed by atoms with Gasteiger partial charge in [-0.1, -0.05) is 84.9 Å². The summed E-state index contributed by atoms with van der Waals surface area (Å²) in [4.78, 5) is 15.7. The molecule has 0 heterocycles. The summed E-state index contributed by atoms with van der Waals surface area (Å²) >= 11 is 0. The zero-order chi connectivity index (χ0) is 25.5. The van der Waals surface area contributed by atoms with E-state index in [9.17, 15) is 13.2 Å². The average molecular weight is 499 g/mol. The lowest BCUT2D eigenvalue weighted by molar-refractivity contribution is -0.130. The Morgan fingerprint density at radius 1 is 0.667 bits per heavy atom. The number of amides is 1. The van der Waals surface area contributed by atoms with Gasteiger partial charge in [0.1, 0.15) is 6.54 Å². The fourth-order valence-corrected chi connectivity index (χ4v) is 5.61. The van der Waals surface area contributed by atoms with E-state index in [1.54, 1.807) is 47.4 Å². The molecule has 184 valence electrons. The first-order chi connectivity index (χ1) is 17.3. The third kappa shape index (κ3) is 6.20. The molecule has 0 atom stereocenters. The number of carbonyl (C=O) groups excluding carboxylic acids is 1. The van der Waals surface area contributed by atoms with E-state index in [-0.39, 0.29) is 17.3 Å². The van der Waals surface area contributed by atoms with E-state index in [4.69, 9.17) is 0 Å². The molecule has 0 saturated heterocycles. The SMILES string of the molecule is Cc1cc(C)cc(N(CC(=O)N(Cc2ccccc2)Cc2ccccc2)S(=O)(=O)c2ccccc2)c1. The maximum Gasteiger partial charge on any atom is 0.264 e. The standard InChI is InChI=1S/C30H30N2O3S/c1-24-18-25(2)20-28(19-24)32(36(34,35)29-16-10-5-11-17-29)23-30(33)31(21-26-12-6-3-7-13-26)22-27-14-8-4-9-15-27/h3-20H,21-23H2,1-2H3. The number of hydrogen-bond donors (Lipinski definition) is 0. The number of anilines is 1. The van der Waals surface area contributed by atoms with Crippen LogP contribution in [0.4, 0.5) is 5.69 Å². The summed E-state index contributed by atoms with van der Waals surface area (Å²) in [6.07, 6.45) is 0. The zero-order valence-electron chi connectivity index (χ0n) is 20.5. The van der Waals surface area contributed by atoms with Gasteiger partial charge < -0.3 is 4.90 Å². The van der Waals surface area contributed by atoms with E-state index in [0.717, 1.165) is 22.3 Å². The first-order valence-electron chi connectivity index (χ1n) is 11.8. The summed E-state index contributed by atoms with van der Waals surface area (Å²) in [5.74, 6) is -0.277. The zero-order valence-corrected chi connectivity index (χ0v) is 21.4. The van der Waals surface area contributed by atoms with Gasteiger partial charge in [0, 0.05) is 13.1 Å². The third-order valence-electron chi connectivity index (χ3n) is 5.89. The largest absolute Gasteiger partial charge is 0.332 e. The summed E-state index contributed by atoms with van der Waals surface area (Å²) in [5.41, 5.74) is 4.28. The van der Waals surface area contributed by atoms with Crippen LogP contribution in [0, 0.1) is 13.8 Å². The lowest BCUT2D eigenvalue weighted by Crippen LogP contribution is -2.42. The molecule has 4 aromatic rings. The molecule has 0 bridgehead atoms. The first kappa shape index (κ1) is 25.2. The van der Waals surface area contributed by atoms with Crippen LogP contribution in [0.5, 0.6) is 0 Å². The number of hydrogen-bond acceptors (Lipinski definition) is 3. The molecule has 0 aliphatic carbocycles. The van der Waals surface area contributed by atoms with E-state index in [2.05, 4.69) is 0 Å².